The zero-order valence-corrected chi connectivity index (χ0v) is 18.0. The van der Waals surface area contributed by atoms with Gasteiger partial charge in [0.15, 0.2) is 11.9 Å². The van der Waals surface area contributed by atoms with Gasteiger partial charge in [0, 0.05) is 12.0 Å². The number of nitrogens with zero attached hydrogens (tertiary/aromatic N) is 1. The molecule has 1 heterocycles. The summed E-state index contributed by atoms with van der Waals surface area (Å²) in [4.78, 5) is 15.7. The summed E-state index contributed by atoms with van der Waals surface area (Å²) in [5.74, 6) is 1.13. The quantitative estimate of drug-likeness (QED) is 0.387. The van der Waals surface area contributed by atoms with Crippen LogP contribution >= 0.6 is 0 Å². The molecule has 0 radical (unpaired) electrons. The van der Waals surface area contributed by atoms with Crippen LogP contribution in [-0.2, 0) is 28.5 Å². The van der Waals surface area contributed by atoms with E-state index in [0.29, 0.717) is 42.0 Å². The summed E-state index contributed by atoms with van der Waals surface area (Å²) in [6, 6.07) is 12.1. The minimum absolute atomic E-state index is 0.249. The Morgan fingerprint density at radius 2 is 1.75 bits per heavy atom. The molecule has 3 rings (SSSR count). The van der Waals surface area contributed by atoms with E-state index in [4.69, 9.17) is 9.15 Å². The lowest BCUT2D eigenvalue weighted by atomic mass is 10.1. The molecule has 5 nitrogen and oxygen atoms in total. The predicted octanol–water partition coefficient (Wildman–Crippen LogP) is 6.17. The van der Waals surface area contributed by atoms with Gasteiger partial charge in [-0.3, -0.25) is 4.79 Å². The van der Waals surface area contributed by atoms with Crippen molar-refractivity contribution >= 4 is 5.97 Å². The van der Waals surface area contributed by atoms with E-state index in [0.717, 1.165) is 17.7 Å². The average molecular weight is 447 g/mol. The Balaban J connectivity index is 1.72. The molecule has 1 aromatic heterocycles. The molecule has 2 aromatic carbocycles. The number of aryl methyl sites for hydroxylation is 2. The number of benzene rings is 2. The van der Waals surface area contributed by atoms with Crippen LogP contribution in [-0.4, -0.2) is 18.1 Å². The number of methoxy groups -OCH3 is 1. The first-order valence-electron chi connectivity index (χ1n) is 10.2. The average Bonchev–Trinajstić information content (AvgIpc) is 3.22. The molecule has 170 valence electrons. The van der Waals surface area contributed by atoms with Crippen LogP contribution in [0.5, 0.6) is 5.75 Å². The summed E-state index contributed by atoms with van der Waals surface area (Å²) in [5.41, 5.74) is 1.40. The van der Waals surface area contributed by atoms with E-state index >= 15 is 0 Å². The summed E-state index contributed by atoms with van der Waals surface area (Å²) in [5, 5.41) is 0. The van der Waals surface area contributed by atoms with Crippen molar-refractivity contribution in [2.75, 3.05) is 7.11 Å². The minimum Gasteiger partial charge on any atom is -0.483 e. The molecule has 0 saturated heterocycles. The molecular weight excluding hydrogens is 423 g/mol. The Labute approximate surface area is 184 Å². The fraction of sp³-hybridized carbons (Fsp3) is 0.333. The lowest BCUT2D eigenvalue weighted by Crippen LogP contribution is -2.05. The smallest absolute Gasteiger partial charge is 0.416 e. The van der Waals surface area contributed by atoms with Gasteiger partial charge in [0.2, 0.25) is 5.89 Å². The second kappa shape index (κ2) is 9.89. The third kappa shape index (κ3) is 5.69. The molecular formula is C24H24F3NO4. The highest BCUT2D eigenvalue weighted by Crippen LogP contribution is 2.33. The predicted molar refractivity (Wildman–Crippen MR) is 112 cm³/mol. The van der Waals surface area contributed by atoms with E-state index in [1.165, 1.54) is 19.2 Å². The fourth-order valence-electron chi connectivity index (χ4n) is 3.20. The molecule has 0 amide bonds. The molecule has 0 aliphatic heterocycles. The second-order valence-electron chi connectivity index (χ2n) is 7.24. The first kappa shape index (κ1) is 23.4. The van der Waals surface area contributed by atoms with Gasteiger partial charge in [0.25, 0.3) is 0 Å². The van der Waals surface area contributed by atoms with Crippen LogP contribution in [0.15, 0.2) is 52.9 Å². The summed E-state index contributed by atoms with van der Waals surface area (Å²) in [7, 11) is 1.36. The van der Waals surface area contributed by atoms with Crippen LogP contribution in [0.1, 0.15) is 49.0 Å². The Morgan fingerprint density at radius 3 is 2.31 bits per heavy atom. The first-order chi connectivity index (χ1) is 15.2. The number of halogens is 3. The number of hydrogen-bond donors (Lipinski definition) is 0. The Hall–Kier alpha value is -3.29. The summed E-state index contributed by atoms with van der Waals surface area (Å²) in [6.45, 7) is 3.74. The maximum atomic E-state index is 12.8. The van der Waals surface area contributed by atoms with Gasteiger partial charge in [-0.25, -0.2) is 4.98 Å². The minimum atomic E-state index is -4.40. The molecule has 0 spiro atoms. The van der Waals surface area contributed by atoms with Crippen LogP contribution in [0, 0.1) is 0 Å². The highest BCUT2D eigenvalue weighted by Gasteiger charge is 2.30. The number of esters is 1. The van der Waals surface area contributed by atoms with Gasteiger partial charge in [0.1, 0.15) is 5.75 Å². The molecule has 0 bridgehead atoms. The number of oxazole rings is 1. The van der Waals surface area contributed by atoms with Gasteiger partial charge in [-0.1, -0.05) is 19.1 Å². The van der Waals surface area contributed by atoms with E-state index in [1.807, 2.05) is 38.1 Å². The van der Waals surface area contributed by atoms with Crippen molar-refractivity contribution in [2.24, 2.45) is 0 Å². The van der Waals surface area contributed by atoms with Crippen LogP contribution in [0.4, 0.5) is 13.2 Å². The van der Waals surface area contributed by atoms with Gasteiger partial charge in [-0.05, 0) is 61.7 Å². The van der Waals surface area contributed by atoms with Crippen molar-refractivity contribution in [3.63, 3.8) is 0 Å². The van der Waals surface area contributed by atoms with E-state index in [9.17, 15) is 18.0 Å². The number of aromatic nitrogens is 1. The van der Waals surface area contributed by atoms with E-state index < -0.39 is 17.8 Å². The zero-order chi connectivity index (χ0) is 23.3. The van der Waals surface area contributed by atoms with Gasteiger partial charge in [-0.2, -0.15) is 13.2 Å². The van der Waals surface area contributed by atoms with E-state index in [2.05, 4.69) is 9.72 Å². The van der Waals surface area contributed by atoms with Crippen LogP contribution in [0.3, 0.4) is 0 Å². The van der Waals surface area contributed by atoms with Gasteiger partial charge >= 0.3 is 12.1 Å². The topological polar surface area (TPSA) is 61.6 Å². The van der Waals surface area contributed by atoms with Gasteiger partial charge < -0.3 is 13.9 Å². The normalized spacial score (nSPS) is 12.4. The molecule has 1 unspecified atom stereocenters. The monoisotopic (exact) mass is 447 g/mol. The number of rotatable bonds is 8. The Kier molecular flexibility index (Phi) is 7.22. The maximum absolute atomic E-state index is 12.8. The van der Waals surface area contributed by atoms with Crippen molar-refractivity contribution in [1.82, 2.24) is 4.98 Å². The van der Waals surface area contributed by atoms with Gasteiger partial charge in [0.05, 0.1) is 18.4 Å². The van der Waals surface area contributed by atoms with Gasteiger partial charge in [-0.15, -0.1) is 0 Å². The zero-order valence-electron chi connectivity index (χ0n) is 18.0. The van der Waals surface area contributed by atoms with Crippen molar-refractivity contribution in [3.05, 3.63) is 71.1 Å². The van der Waals surface area contributed by atoms with Crippen LogP contribution in [0.25, 0.3) is 11.5 Å². The molecule has 8 heteroatoms. The highest BCUT2D eigenvalue weighted by molar-refractivity contribution is 5.69. The lowest BCUT2D eigenvalue weighted by molar-refractivity contribution is -0.140. The summed E-state index contributed by atoms with van der Waals surface area (Å²) >= 11 is 0. The van der Waals surface area contributed by atoms with Crippen LogP contribution < -0.4 is 4.74 Å². The molecule has 1 atom stereocenters. The third-order valence-electron chi connectivity index (χ3n) is 4.97. The lowest BCUT2D eigenvalue weighted by Gasteiger charge is -2.14. The van der Waals surface area contributed by atoms with Crippen molar-refractivity contribution < 1.29 is 31.9 Å². The standard InChI is InChI=1S/C24H24F3NO4/c1-4-20-22(32-23(28-20)17-8-10-18(11-9-17)24(25,26)27)15(2)31-19-12-5-16(6-13-19)7-14-21(29)30-3/h5-6,8-13,15H,4,7,14H2,1-3H3. The maximum Gasteiger partial charge on any atom is 0.416 e. The number of ether oxygens (including phenoxy) is 2. The Bertz CT molecular complexity index is 1040. The first-order valence-corrected chi connectivity index (χ1v) is 10.2. The molecule has 0 saturated carbocycles. The second-order valence-corrected chi connectivity index (χ2v) is 7.24. The Morgan fingerprint density at radius 1 is 1.09 bits per heavy atom. The van der Waals surface area contributed by atoms with Crippen molar-refractivity contribution in [1.29, 1.82) is 0 Å². The number of alkyl halides is 3. The molecule has 0 aliphatic carbocycles. The van der Waals surface area contributed by atoms with Crippen molar-refractivity contribution in [3.8, 4) is 17.2 Å². The SMILES string of the molecule is CCc1nc(-c2ccc(C(F)(F)F)cc2)oc1C(C)Oc1ccc(CCC(=O)OC)cc1. The van der Waals surface area contributed by atoms with E-state index in [-0.39, 0.29) is 11.9 Å². The molecule has 0 aliphatic rings. The number of hydrogen-bond acceptors (Lipinski definition) is 5. The van der Waals surface area contributed by atoms with Crippen LogP contribution in [0.2, 0.25) is 0 Å². The molecule has 32 heavy (non-hydrogen) atoms. The molecule has 0 N–H and O–H groups in total. The summed E-state index contributed by atoms with van der Waals surface area (Å²) < 4.78 is 54.9. The third-order valence-corrected chi connectivity index (χ3v) is 4.97. The molecule has 0 fully saturated rings. The molecule has 3 aromatic rings. The van der Waals surface area contributed by atoms with Crippen molar-refractivity contribution in [2.45, 2.75) is 45.4 Å². The highest BCUT2D eigenvalue weighted by atomic mass is 19.4. The number of carbonyl (C=O) groups is 1. The largest absolute Gasteiger partial charge is 0.483 e. The number of carbonyl (C=O) groups excluding carboxylic acids is 1. The fourth-order valence-corrected chi connectivity index (χ4v) is 3.20. The van der Waals surface area contributed by atoms with E-state index in [1.54, 1.807) is 0 Å². The summed E-state index contributed by atoms with van der Waals surface area (Å²) in [6.07, 6.45) is -3.40.